The molecule has 0 bridgehead atoms. The molecule has 0 radical (unpaired) electrons. The largest absolute Gasteiger partial charge is 0.496 e. The number of fused-ring (bicyclic) bond motifs is 1. The monoisotopic (exact) mass is 471 g/mol. The van der Waals surface area contributed by atoms with E-state index in [0.29, 0.717) is 27.8 Å². The van der Waals surface area contributed by atoms with Gasteiger partial charge in [-0.2, -0.15) is 0 Å². The summed E-state index contributed by atoms with van der Waals surface area (Å²) in [5.74, 6) is -0.822. The van der Waals surface area contributed by atoms with Gasteiger partial charge in [-0.25, -0.2) is 4.79 Å². The number of carbonyl (C=O) groups is 3. The molecule has 0 aliphatic carbocycles. The minimum atomic E-state index is -1.09. The zero-order valence-corrected chi connectivity index (χ0v) is 19.1. The number of anilines is 1. The minimum Gasteiger partial charge on any atom is -0.496 e. The molecule has 0 aliphatic heterocycles. The van der Waals surface area contributed by atoms with Gasteiger partial charge in [-0.1, -0.05) is 42.5 Å². The average Bonchev–Trinajstić information content (AvgIpc) is 2.86. The highest BCUT2D eigenvalue weighted by molar-refractivity contribution is 8.00. The van der Waals surface area contributed by atoms with Crippen LogP contribution in [0.5, 0.6) is 5.75 Å². The first-order chi connectivity index (χ1) is 16.5. The third kappa shape index (κ3) is 4.94. The van der Waals surface area contributed by atoms with Crippen LogP contribution in [0.1, 0.15) is 31.1 Å². The highest BCUT2D eigenvalue weighted by atomic mass is 32.2. The van der Waals surface area contributed by atoms with Crippen molar-refractivity contribution in [3.8, 4) is 5.75 Å². The molecule has 34 heavy (non-hydrogen) atoms. The van der Waals surface area contributed by atoms with Crippen LogP contribution in [0, 0.1) is 0 Å². The quantitative estimate of drug-likeness (QED) is 0.250. The number of carboxylic acid groups (broad SMARTS) is 1. The van der Waals surface area contributed by atoms with E-state index in [9.17, 15) is 19.5 Å². The lowest BCUT2D eigenvalue weighted by Crippen LogP contribution is -2.13. The molecular formula is C27H21NO5S. The Morgan fingerprint density at radius 3 is 2.26 bits per heavy atom. The summed E-state index contributed by atoms with van der Waals surface area (Å²) in [5, 5.41) is 13.5. The van der Waals surface area contributed by atoms with Gasteiger partial charge in [-0.3, -0.25) is 9.59 Å². The maximum Gasteiger partial charge on any atom is 0.336 e. The van der Waals surface area contributed by atoms with Crippen LogP contribution in [0.2, 0.25) is 0 Å². The van der Waals surface area contributed by atoms with E-state index in [2.05, 4.69) is 5.32 Å². The fourth-order valence-corrected chi connectivity index (χ4v) is 4.51. The van der Waals surface area contributed by atoms with Gasteiger partial charge in [0, 0.05) is 21.5 Å². The number of nitrogens with one attached hydrogen (secondary N) is 1. The highest BCUT2D eigenvalue weighted by Crippen LogP contribution is 2.27. The van der Waals surface area contributed by atoms with Gasteiger partial charge in [0.15, 0.2) is 5.78 Å². The number of thioether (sulfide) groups is 1. The number of ketones is 1. The van der Waals surface area contributed by atoms with Crippen LogP contribution in [-0.4, -0.2) is 35.6 Å². The van der Waals surface area contributed by atoms with Gasteiger partial charge in [-0.05, 0) is 47.9 Å². The van der Waals surface area contributed by atoms with Crippen molar-refractivity contribution in [1.29, 1.82) is 0 Å². The first kappa shape index (κ1) is 23.1. The fraction of sp³-hybridized carbons (Fsp3) is 0.0741. The molecule has 0 fully saturated rings. The number of Topliss-reactive ketones (excluding diaryl/α,β-unsaturated/α-hetero) is 1. The number of carboxylic acids is 1. The lowest BCUT2D eigenvalue weighted by atomic mass is 9.98. The molecule has 4 aromatic carbocycles. The van der Waals surface area contributed by atoms with Crippen molar-refractivity contribution in [2.45, 2.75) is 4.90 Å². The Balaban J connectivity index is 1.52. The normalized spacial score (nSPS) is 10.6. The number of ether oxygens (including phenoxy) is 1. The molecule has 0 atom stereocenters. The third-order valence-electron chi connectivity index (χ3n) is 5.25. The van der Waals surface area contributed by atoms with E-state index in [1.807, 2.05) is 12.1 Å². The van der Waals surface area contributed by atoms with Gasteiger partial charge in [-0.15, -0.1) is 11.8 Å². The molecule has 4 aromatic rings. The number of hydrogen-bond donors (Lipinski definition) is 2. The molecule has 6 nitrogen and oxygen atoms in total. The van der Waals surface area contributed by atoms with E-state index in [-0.39, 0.29) is 22.7 Å². The van der Waals surface area contributed by atoms with Gasteiger partial charge in [0.2, 0.25) is 0 Å². The first-order valence-corrected chi connectivity index (χ1v) is 11.4. The van der Waals surface area contributed by atoms with Crippen molar-refractivity contribution >= 4 is 45.9 Å². The number of methoxy groups -OCH3 is 1. The Bertz CT molecular complexity index is 1390. The van der Waals surface area contributed by atoms with Crippen LogP contribution < -0.4 is 10.1 Å². The number of rotatable bonds is 8. The van der Waals surface area contributed by atoms with Crippen LogP contribution in [0.15, 0.2) is 89.8 Å². The van der Waals surface area contributed by atoms with Crippen molar-refractivity contribution in [3.05, 3.63) is 102 Å². The summed E-state index contributed by atoms with van der Waals surface area (Å²) in [4.78, 5) is 38.2. The van der Waals surface area contributed by atoms with E-state index in [0.717, 1.165) is 4.90 Å². The van der Waals surface area contributed by atoms with E-state index in [1.165, 1.54) is 24.9 Å². The Kier molecular flexibility index (Phi) is 6.94. The lowest BCUT2D eigenvalue weighted by molar-refractivity contribution is 0.0698. The topological polar surface area (TPSA) is 92.7 Å². The number of carbonyl (C=O) groups excluding carboxylic acids is 2. The lowest BCUT2D eigenvalue weighted by Gasteiger charge is -2.11. The van der Waals surface area contributed by atoms with Crippen molar-refractivity contribution in [1.82, 2.24) is 0 Å². The molecule has 0 heterocycles. The van der Waals surface area contributed by atoms with Crippen LogP contribution in [0.4, 0.5) is 5.69 Å². The molecule has 0 spiro atoms. The van der Waals surface area contributed by atoms with E-state index < -0.39 is 11.9 Å². The van der Waals surface area contributed by atoms with Crippen molar-refractivity contribution in [2.75, 3.05) is 18.2 Å². The van der Waals surface area contributed by atoms with Crippen LogP contribution in [0.3, 0.4) is 0 Å². The van der Waals surface area contributed by atoms with Crippen LogP contribution in [-0.2, 0) is 0 Å². The van der Waals surface area contributed by atoms with E-state index in [4.69, 9.17) is 4.74 Å². The summed E-state index contributed by atoms with van der Waals surface area (Å²) in [6.45, 7) is 0. The molecule has 0 saturated carbocycles. The molecule has 1 amide bonds. The Hall–Kier alpha value is -4.10. The van der Waals surface area contributed by atoms with Crippen molar-refractivity contribution < 1.29 is 24.2 Å². The Morgan fingerprint density at radius 1 is 0.853 bits per heavy atom. The Labute approximate surface area is 200 Å². The second kappa shape index (κ2) is 10.2. The summed E-state index contributed by atoms with van der Waals surface area (Å²) in [6, 6.07) is 24.3. The molecule has 0 saturated heterocycles. The molecule has 2 N–H and O–H groups in total. The number of amides is 1. The number of para-hydroxylation sites is 1. The number of hydrogen-bond acceptors (Lipinski definition) is 5. The molecule has 0 unspecified atom stereocenters. The molecule has 4 rings (SSSR count). The summed E-state index contributed by atoms with van der Waals surface area (Å²) in [6.07, 6.45) is 0. The number of benzene rings is 4. The number of aromatic carboxylic acids is 1. The van der Waals surface area contributed by atoms with E-state index in [1.54, 1.807) is 66.7 Å². The van der Waals surface area contributed by atoms with Crippen molar-refractivity contribution in [3.63, 3.8) is 0 Å². The molecule has 0 aromatic heterocycles. The zero-order chi connectivity index (χ0) is 24.1. The third-order valence-corrected chi connectivity index (χ3v) is 6.24. The smallest absolute Gasteiger partial charge is 0.336 e. The first-order valence-electron chi connectivity index (χ1n) is 10.4. The summed E-state index contributed by atoms with van der Waals surface area (Å²) >= 11 is 1.35. The molecule has 0 aliphatic rings. The van der Waals surface area contributed by atoms with Crippen LogP contribution in [0.25, 0.3) is 10.8 Å². The van der Waals surface area contributed by atoms with Gasteiger partial charge < -0.3 is 15.2 Å². The maximum absolute atomic E-state index is 13.1. The van der Waals surface area contributed by atoms with Crippen LogP contribution >= 0.6 is 11.8 Å². The van der Waals surface area contributed by atoms with Gasteiger partial charge in [0.25, 0.3) is 5.91 Å². The second-order valence-corrected chi connectivity index (χ2v) is 8.46. The van der Waals surface area contributed by atoms with E-state index >= 15 is 0 Å². The summed E-state index contributed by atoms with van der Waals surface area (Å²) < 4.78 is 5.26. The molecular weight excluding hydrogens is 450 g/mol. The fourth-order valence-electron chi connectivity index (χ4n) is 3.67. The summed E-state index contributed by atoms with van der Waals surface area (Å²) in [5.41, 5.74) is 1.42. The predicted molar refractivity (Wildman–Crippen MR) is 133 cm³/mol. The average molecular weight is 472 g/mol. The maximum atomic E-state index is 13.1. The zero-order valence-electron chi connectivity index (χ0n) is 18.3. The SMILES string of the molecule is COc1ccccc1C(=O)CSc1cccc(NC(=O)c2cccc3cccc(C(=O)O)c23)c1. The predicted octanol–water partition coefficient (Wildman–Crippen LogP) is 5.77. The van der Waals surface area contributed by atoms with Gasteiger partial charge in [0.05, 0.1) is 24.0 Å². The highest BCUT2D eigenvalue weighted by Gasteiger charge is 2.17. The van der Waals surface area contributed by atoms with Crippen molar-refractivity contribution in [2.24, 2.45) is 0 Å². The van der Waals surface area contributed by atoms with Gasteiger partial charge in [0.1, 0.15) is 5.75 Å². The standard InChI is InChI=1S/C27H21NO5S/c1-33-24-14-3-2-11-20(24)23(29)16-34-19-10-6-9-18(15-19)28-26(30)21-12-4-7-17-8-5-13-22(25(17)21)27(31)32/h2-15H,16H2,1H3,(H,28,30)(H,31,32). The summed E-state index contributed by atoms with van der Waals surface area (Å²) in [7, 11) is 1.53. The second-order valence-electron chi connectivity index (χ2n) is 7.41. The van der Waals surface area contributed by atoms with Gasteiger partial charge >= 0.3 is 5.97 Å². The molecule has 7 heteroatoms. The minimum absolute atomic E-state index is 0.0613. The Morgan fingerprint density at radius 2 is 1.53 bits per heavy atom. The molecule has 170 valence electrons.